The summed E-state index contributed by atoms with van der Waals surface area (Å²) in [5.74, 6) is 0.184. The largest absolute Gasteiger partial charge is 0.352 e. The summed E-state index contributed by atoms with van der Waals surface area (Å²) in [5, 5.41) is 5.18. The number of fused-ring (bicyclic) bond motifs is 1. The second-order valence-electron chi connectivity index (χ2n) is 7.11. The van der Waals surface area contributed by atoms with Crippen LogP contribution in [0.5, 0.6) is 0 Å². The third-order valence-electron chi connectivity index (χ3n) is 5.23. The third kappa shape index (κ3) is 3.85. The maximum atomic E-state index is 12.2. The average Bonchev–Trinajstić information content (AvgIpc) is 3.39. The molecule has 2 fully saturated rings. The highest BCUT2D eigenvalue weighted by Gasteiger charge is 2.30. The molecule has 1 saturated carbocycles. The minimum atomic E-state index is -0.0318. The van der Waals surface area contributed by atoms with Crippen molar-refractivity contribution in [3.63, 3.8) is 0 Å². The maximum absolute atomic E-state index is 12.2. The fraction of sp³-hybridized carbons (Fsp3) is 0.526. The highest BCUT2D eigenvalue weighted by molar-refractivity contribution is 7.19. The van der Waals surface area contributed by atoms with E-state index < -0.39 is 0 Å². The molecule has 0 bridgehead atoms. The number of carbonyl (C=O) groups is 1. The van der Waals surface area contributed by atoms with Gasteiger partial charge in [0.1, 0.15) is 0 Å². The van der Waals surface area contributed by atoms with E-state index in [1.165, 1.54) is 9.58 Å². The number of nitrogens with zero attached hydrogens (tertiary/aromatic N) is 2. The van der Waals surface area contributed by atoms with Gasteiger partial charge in [-0.1, -0.05) is 29.8 Å². The lowest BCUT2D eigenvalue weighted by atomic mass is 10.2. The quantitative estimate of drug-likeness (QED) is 0.868. The summed E-state index contributed by atoms with van der Waals surface area (Å²) in [7, 11) is 0. The van der Waals surface area contributed by atoms with Crippen LogP contribution >= 0.6 is 22.9 Å². The second kappa shape index (κ2) is 7.23. The van der Waals surface area contributed by atoms with Crippen LogP contribution in [0.3, 0.4) is 0 Å². The van der Waals surface area contributed by atoms with Gasteiger partial charge < -0.3 is 5.32 Å². The number of rotatable bonds is 5. The monoisotopic (exact) mass is 377 g/mol. The average molecular weight is 378 g/mol. The number of amides is 1. The molecule has 2 heterocycles. The van der Waals surface area contributed by atoms with Crippen LogP contribution in [0, 0.1) is 0 Å². The standard InChI is InChI=1S/C19H24ClN3OS/c1-13(19(24)21-14-6-7-14)23-10-8-22(9-11-23)12-17-18(20)15-4-2-3-5-16(15)25-17/h2-5,13-14H,6-12H2,1H3,(H,21,24). The van der Waals surface area contributed by atoms with Crippen LogP contribution in [0.15, 0.2) is 24.3 Å². The Kier molecular flexibility index (Phi) is 5.00. The lowest BCUT2D eigenvalue weighted by Gasteiger charge is -2.37. The van der Waals surface area contributed by atoms with Crippen LogP contribution in [0.25, 0.3) is 10.1 Å². The number of piperazine rings is 1. The van der Waals surface area contributed by atoms with Gasteiger partial charge in [-0.25, -0.2) is 0 Å². The van der Waals surface area contributed by atoms with E-state index in [4.69, 9.17) is 11.6 Å². The normalized spacial score (nSPS) is 20.7. The van der Waals surface area contributed by atoms with Crippen molar-refractivity contribution in [1.29, 1.82) is 0 Å². The predicted octanol–water partition coefficient (Wildman–Crippen LogP) is 3.34. The molecule has 2 aromatic rings. The highest BCUT2D eigenvalue weighted by atomic mass is 35.5. The van der Waals surface area contributed by atoms with Gasteiger partial charge in [0.15, 0.2) is 0 Å². The zero-order valence-corrected chi connectivity index (χ0v) is 16.1. The number of halogens is 1. The molecule has 1 aliphatic heterocycles. The third-order valence-corrected chi connectivity index (χ3v) is 6.93. The van der Waals surface area contributed by atoms with E-state index in [1.807, 2.05) is 13.0 Å². The number of thiophene rings is 1. The molecule has 2 aliphatic rings. The number of nitrogens with one attached hydrogen (secondary N) is 1. The van der Waals surface area contributed by atoms with Crippen LogP contribution in [-0.2, 0) is 11.3 Å². The molecule has 134 valence electrons. The van der Waals surface area contributed by atoms with Gasteiger partial charge in [0, 0.05) is 53.7 Å². The first kappa shape index (κ1) is 17.3. The maximum Gasteiger partial charge on any atom is 0.237 e. The lowest BCUT2D eigenvalue weighted by Crippen LogP contribution is -2.53. The van der Waals surface area contributed by atoms with Crippen LogP contribution in [0.1, 0.15) is 24.6 Å². The lowest BCUT2D eigenvalue weighted by molar-refractivity contribution is -0.126. The molecule has 25 heavy (non-hydrogen) atoms. The Morgan fingerprint density at radius 2 is 2.00 bits per heavy atom. The van der Waals surface area contributed by atoms with E-state index in [9.17, 15) is 4.79 Å². The SMILES string of the molecule is CC(C(=O)NC1CC1)N1CCN(Cc2sc3ccccc3c2Cl)CC1. The van der Waals surface area contributed by atoms with E-state index in [0.29, 0.717) is 6.04 Å². The van der Waals surface area contributed by atoms with E-state index in [2.05, 4.69) is 33.3 Å². The number of carbonyl (C=O) groups excluding carboxylic acids is 1. The van der Waals surface area contributed by atoms with Gasteiger partial charge >= 0.3 is 0 Å². The van der Waals surface area contributed by atoms with Crippen LogP contribution in [0.4, 0.5) is 0 Å². The molecule has 1 unspecified atom stereocenters. The summed E-state index contributed by atoms with van der Waals surface area (Å²) in [4.78, 5) is 18.2. The van der Waals surface area contributed by atoms with Crippen LogP contribution < -0.4 is 5.32 Å². The minimum absolute atomic E-state index is 0.0318. The van der Waals surface area contributed by atoms with Crippen molar-refractivity contribution in [3.8, 4) is 0 Å². The molecule has 4 nitrogen and oxygen atoms in total. The van der Waals surface area contributed by atoms with Gasteiger partial charge in [0.2, 0.25) is 5.91 Å². The van der Waals surface area contributed by atoms with E-state index in [-0.39, 0.29) is 11.9 Å². The van der Waals surface area contributed by atoms with Crippen molar-refractivity contribution in [2.24, 2.45) is 0 Å². The molecule has 1 saturated heterocycles. The Bertz CT molecular complexity index is 765. The van der Waals surface area contributed by atoms with Gasteiger partial charge in [-0.3, -0.25) is 14.6 Å². The molecular weight excluding hydrogens is 354 g/mol. The van der Waals surface area contributed by atoms with Crippen molar-refractivity contribution in [1.82, 2.24) is 15.1 Å². The molecule has 1 aromatic carbocycles. The van der Waals surface area contributed by atoms with Crippen molar-refractivity contribution in [2.75, 3.05) is 26.2 Å². The Morgan fingerprint density at radius 3 is 2.68 bits per heavy atom. The molecule has 0 spiro atoms. The summed E-state index contributed by atoms with van der Waals surface area (Å²) in [6.07, 6.45) is 2.28. The van der Waals surface area contributed by atoms with Gasteiger partial charge in [0.25, 0.3) is 0 Å². The van der Waals surface area contributed by atoms with Gasteiger partial charge in [-0.2, -0.15) is 0 Å². The molecule has 4 rings (SSSR count). The second-order valence-corrected chi connectivity index (χ2v) is 8.62. The fourth-order valence-electron chi connectivity index (χ4n) is 3.39. The van der Waals surface area contributed by atoms with Gasteiger partial charge in [-0.05, 0) is 25.8 Å². The zero-order valence-electron chi connectivity index (χ0n) is 14.5. The highest BCUT2D eigenvalue weighted by Crippen LogP contribution is 2.36. The molecule has 6 heteroatoms. The molecule has 1 amide bonds. The molecule has 1 N–H and O–H groups in total. The molecule has 1 atom stereocenters. The topological polar surface area (TPSA) is 35.6 Å². The van der Waals surface area contributed by atoms with Gasteiger partial charge in [-0.15, -0.1) is 11.3 Å². The Morgan fingerprint density at radius 1 is 1.28 bits per heavy atom. The fourth-order valence-corrected chi connectivity index (χ4v) is 4.93. The number of hydrogen-bond donors (Lipinski definition) is 1. The minimum Gasteiger partial charge on any atom is -0.352 e. The molecular formula is C19H24ClN3OS. The Hall–Kier alpha value is -1.14. The number of hydrogen-bond acceptors (Lipinski definition) is 4. The van der Waals surface area contributed by atoms with Crippen molar-refractivity contribution < 1.29 is 4.79 Å². The first-order valence-corrected chi connectivity index (χ1v) is 10.2. The smallest absolute Gasteiger partial charge is 0.237 e. The molecule has 0 radical (unpaired) electrons. The van der Waals surface area contributed by atoms with Crippen LogP contribution in [-0.4, -0.2) is 54.0 Å². The number of benzene rings is 1. The van der Waals surface area contributed by atoms with E-state index in [1.54, 1.807) is 11.3 Å². The molecule has 1 aliphatic carbocycles. The first-order valence-electron chi connectivity index (χ1n) is 9.04. The summed E-state index contributed by atoms with van der Waals surface area (Å²) in [6, 6.07) is 8.73. The zero-order chi connectivity index (χ0) is 17.4. The molecule has 1 aromatic heterocycles. The summed E-state index contributed by atoms with van der Waals surface area (Å²) in [6.45, 7) is 6.74. The van der Waals surface area contributed by atoms with E-state index in [0.717, 1.165) is 56.0 Å². The van der Waals surface area contributed by atoms with Crippen LogP contribution in [0.2, 0.25) is 5.02 Å². The summed E-state index contributed by atoms with van der Waals surface area (Å²) >= 11 is 8.36. The Labute approximate surface area is 157 Å². The van der Waals surface area contributed by atoms with Crippen molar-refractivity contribution >= 4 is 38.9 Å². The predicted molar refractivity (Wildman–Crippen MR) is 104 cm³/mol. The summed E-state index contributed by atoms with van der Waals surface area (Å²) < 4.78 is 1.26. The van der Waals surface area contributed by atoms with Crippen molar-refractivity contribution in [2.45, 2.75) is 38.4 Å². The van der Waals surface area contributed by atoms with Gasteiger partial charge in [0.05, 0.1) is 11.1 Å². The van der Waals surface area contributed by atoms with Crippen molar-refractivity contribution in [3.05, 3.63) is 34.2 Å². The first-order chi connectivity index (χ1) is 12.1. The Balaban J connectivity index is 1.33. The summed E-state index contributed by atoms with van der Waals surface area (Å²) in [5.41, 5.74) is 0. The van der Waals surface area contributed by atoms with E-state index >= 15 is 0 Å².